The van der Waals surface area contributed by atoms with Crippen molar-refractivity contribution < 1.29 is 9.59 Å². The number of aromatic nitrogens is 2. The lowest BCUT2D eigenvalue weighted by Gasteiger charge is -2.10. The molecule has 7 heteroatoms. The number of carbonyl (C=O) groups is 2. The smallest absolute Gasteiger partial charge is 0.265 e. The van der Waals surface area contributed by atoms with Gasteiger partial charge < -0.3 is 10.6 Å². The number of hydrogen-bond acceptors (Lipinski definition) is 4. The van der Waals surface area contributed by atoms with Gasteiger partial charge in [-0.25, -0.2) is 4.68 Å². The van der Waals surface area contributed by atoms with Gasteiger partial charge in [0.15, 0.2) is 0 Å². The minimum Gasteiger partial charge on any atom is -0.349 e. The first-order valence-corrected chi connectivity index (χ1v) is 11.1. The van der Waals surface area contributed by atoms with Crippen LogP contribution in [0, 0.1) is 13.8 Å². The first-order valence-electron chi connectivity index (χ1n) is 10.3. The largest absolute Gasteiger partial charge is 0.349 e. The van der Waals surface area contributed by atoms with E-state index in [4.69, 9.17) is 0 Å². The summed E-state index contributed by atoms with van der Waals surface area (Å²) >= 11 is 1.41. The van der Waals surface area contributed by atoms with Gasteiger partial charge >= 0.3 is 0 Å². The highest BCUT2D eigenvalue weighted by Crippen LogP contribution is 2.31. The minimum absolute atomic E-state index is 0.0987. The summed E-state index contributed by atoms with van der Waals surface area (Å²) in [5.41, 5.74) is 3.94. The normalized spacial score (nSPS) is 13.4. The van der Waals surface area contributed by atoms with E-state index in [1.165, 1.54) is 11.3 Å². The molecule has 5 rings (SSSR count). The van der Waals surface area contributed by atoms with Crippen LogP contribution in [0.15, 0.2) is 54.6 Å². The van der Waals surface area contributed by atoms with Gasteiger partial charge in [-0.1, -0.05) is 24.3 Å². The molecule has 1 saturated carbocycles. The molecule has 2 aromatic heterocycles. The number of benzene rings is 2. The van der Waals surface area contributed by atoms with Gasteiger partial charge in [0.25, 0.3) is 11.8 Å². The topological polar surface area (TPSA) is 76.0 Å². The summed E-state index contributed by atoms with van der Waals surface area (Å²) in [6.07, 6.45) is 2.07. The van der Waals surface area contributed by atoms with Crippen molar-refractivity contribution in [1.29, 1.82) is 0 Å². The maximum Gasteiger partial charge on any atom is 0.265 e. The Morgan fingerprint density at radius 2 is 1.81 bits per heavy atom. The third-order valence-electron chi connectivity index (χ3n) is 5.43. The van der Waals surface area contributed by atoms with Crippen LogP contribution in [0.25, 0.3) is 15.9 Å². The summed E-state index contributed by atoms with van der Waals surface area (Å²) < 4.78 is 1.88. The van der Waals surface area contributed by atoms with Gasteiger partial charge in [0, 0.05) is 22.7 Å². The number of fused-ring (bicyclic) bond motifs is 1. The maximum absolute atomic E-state index is 13.0. The molecule has 2 N–H and O–H groups in total. The summed E-state index contributed by atoms with van der Waals surface area (Å²) in [5, 5.41) is 11.6. The number of thiophene rings is 1. The molecule has 0 unspecified atom stereocenters. The Hall–Kier alpha value is -3.45. The summed E-state index contributed by atoms with van der Waals surface area (Å²) in [6.45, 7) is 3.86. The first kappa shape index (κ1) is 19.5. The molecule has 6 nitrogen and oxygen atoms in total. The molecule has 0 radical (unpaired) electrons. The van der Waals surface area contributed by atoms with Gasteiger partial charge in [0.05, 0.1) is 16.3 Å². The van der Waals surface area contributed by atoms with E-state index in [1.54, 1.807) is 12.1 Å². The van der Waals surface area contributed by atoms with Crippen LogP contribution in [0.5, 0.6) is 0 Å². The number of carbonyl (C=O) groups excluding carboxylic acids is 2. The number of anilines is 1. The standard InChI is InChI=1S/C24H22N4O2S/c1-14-8-9-16(22(29)25-17-10-11-17)12-20(14)26-23(30)21-13-19-15(2)27-28(24(19)31-21)18-6-4-3-5-7-18/h3-9,12-13,17H,10-11H2,1-2H3,(H,25,29)(H,26,30). The molecule has 0 aliphatic heterocycles. The van der Waals surface area contributed by atoms with E-state index in [0.29, 0.717) is 16.1 Å². The number of nitrogens with one attached hydrogen (secondary N) is 2. The molecular weight excluding hydrogens is 408 g/mol. The summed E-state index contributed by atoms with van der Waals surface area (Å²) in [5.74, 6) is -0.290. The molecule has 0 spiro atoms. The Balaban J connectivity index is 1.42. The first-order chi connectivity index (χ1) is 15.0. The van der Waals surface area contributed by atoms with Crippen molar-refractivity contribution in [2.75, 3.05) is 5.32 Å². The second-order valence-electron chi connectivity index (χ2n) is 7.89. The predicted octanol–water partition coefficient (Wildman–Crippen LogP) is 4.85. The van der Waals surface area contributed by atoms with Crippen molar-refractivity contribution in [3.05, 3.63) is 76.3 Å². The Labute approximate surface area is 183 Å². The van der Waals surface area contributed by atoms with Crippen LogP contribution in [0.1, 0.15) is 44.1 Å². The number of hydrogen-bond donors (Lipinski definition) is 2. The van der Waals surface area contributed by atoms with Gasteiger partial charge in [-0.2, -0.15) is 5.10 Å². The zero-order valence-corrected chi connectivity index (χ0v) is 18.1. The second kappa shape index (κ2) is 7.67. The van der Waals surface area contributed by atoms with Crippen molar-refractivity contribution in [1.82, 2.24) is 15.1 Å². The highest BCUT2D eigenvalue weighted by Gasteiger charge is 2.24. The van der Waals surface area contributed by atoms with Crippen LogP contribution in [0.2, 0.25) is 0 Å². The Kier molecular flexibility index (Phi) is 4.82. The van der Waals surface area contributed by atoms with Crippen LogP contribution in [0.4, 0.5) is 5.69 Å². The van der Waals surface area contributed by atoms with E-state index >= 15 is 0 Å². The highest BCUT2D eigenvalue weighted by molar-refractivity contribution is 7.20. The molecule has 1 fully saturated rings. The monoisotopic (exact) mass is 430 g/mol. The quantitative estimate of drug-likeness (QED) is 0.475. The lowest BCUT2D eigenvalue weighted by atomic mass is 10.1. The predicted molar refractivity (Wildman–Crippen MR) is 123 cm³/mol. The van der Waals surface area contributed by atoms with Crippen molar-refractivity contribution in [3.8, 4) is 5.69 Å². The lowest BCUT2D eigenvalue weighted by molar-refractivity contribution is 0.0949. The summed E-state index contributed by atoms with van der Waals surface area (Å²) in [7, 11) is 0. The van der Waals surface area contributed by atoms with Gasteiger partial charge in [-0.3, -0.25) is 9.59 Å². The molecule has 156 valence electrons. The van der Waals surface area contributed by atoms with Gasteiger partial charge in [0.1, 0.15) is 4.83 Å². The van der Waals surface area contributed by atoms with Crippen LogP contribution >= 0.6 is 11.3 Å². The van der Waals surface area contributed by atoms with Gasteiger partial charge in [0.2, 0.25) is 0 Å². The Morgan fingerprint density at radius 3 is 2.55 bits per heavy atom. The second-order valence-corrected chi connectivity index (χ2v) is 8.92. The zero-order valence-electron chi connectivity index (χ0n) is 17.3. The lowest BCUT2D eigenvalue weighted by Crippen LogP contribution is -2.25. The van der Waals surface area contributed by atoms with E-state index in [9.17, 15) is 9.59 Å². The number of para-hydroxylation sites is 1. The average molecular weight is 431 g/mol. The third kappa shape index (κ3) is 3.84. The van der Waals surface area contributed by atoms with Crippen molar-refractivity contribution in [2.45, 2.75) is 32.7 Å². The molecule has 0 saturated heterocycles. The highest BCUT2D eigenvalue weighted by atomic mass is 32.1. The number of aryl methyl sites for hydroxylation is 2. The van der Waals surface area contributed by atoms with E-state index in [-0.39, 0.29) is 17.9 Å². The van der Waals surface area contributed by atoms with Crippen LogP contribution in [-0.2, 0) is 0 Å². The van der Waals surface area contributed by atoms with E-state index in [2.05, 4.69) is 15.7 Å². The molecule has 4 aromatic rings. The van der Waals surface area contributed by atoms with Crippen LogP contribution in [-0.4, -0.2) is 27.6 Å². The van der Waals surface area contributed by atoms with E-state index in [1.807, 2.05) is 61.0 Å². The van der Waals surface area contributed by atoms with Gasteiger partial charge in [-0.05, 0) is 62.6 Å². The Morgan fingerprint density at radius 1 is 1.03 bits per heavy atom. The molecule has 2 amide bonds. The summed E-state index contributed by atoms with van der Waals surface area (Å²) in [4.78, 5) is 26.9. The van der Waals surface area contributed by atoms with Crippen molar-refractivity contribution in [2.24, 2.45) is 0 Å². The molecule has 31 heavy (non-hydrogen) atoms. The van der Waals surface area contributed by atoms with E-state index in [0.717, 1.165) is 40.0 Å². The van der Waals surface area contributed by atoms with Crippen LogP contribution < -0.4 is 10.6 Å². The molecule has 0 atom stereocenters. The fourth-order valence-electron chi connectivity index (χ4n) is 3.48. The maximum atomic E-state index is 13.0. The SMILES string of the molecule is Cc1ccc(C(=O)NC2CC2)cc1NC(=O)c1cc2c(C)nn(-c3ccccc3)c2s1. The molecular formula is C24H22N4O2S. The number of amides is 2. The Bertz CT molecular complexity index is 1300. The number of rotatable bonds is 5. The third-order valence-corrected chi connectivity index (χ3v) is 6.54. The fraction of sp³-hybridized carbons (Fsp3) is 0.208. The average Bonchev–Trinajstić information content (AvgIpc) is 3.38. The van der Waals surface area contributed by atoms with E-state index < -0.39 is 0 Å². The van der Waals surface area contributed by atoms with Crippen molar-refractivity contribution >= 4 is 39.1 Å². The molecule has 1 aliphatic rings. The molecule has 1 aliphatic carbocycles. The zero-order chi connectivity index (χ0) is 21.5. The molecule has 2 heterocycles. The summed E-state index contributed by atoms with van der Waals surface area (Å²) in [6, 6.07) is 17.5. The molecule has 0 bridgehead atoms. The number of nitrogens with zero attached hydrogens (tertiary/aromatic N) is 2. The van der Waals surface area contributed by atoms with Crippen LogP contribution in [0.3, 0.4) is 0 Å². The minimum atomic E-state index is -0.192. The fourth-order valence-corrected chi connectivity index (χ4v) is 4.56. The van der Waals surface area contributed by atoms with Crippen molar-refractivity contribution in [3.63, 3.8) is 0 Å². The van der Waals surface area contributed by atoms with Gasteiger partial charge in [-0.15, -0.1) is 11.3 Å². The molecule has 2 aromatic carbocycles.